The molecule has 1 unspecified atom stereocenters. The van der Waals surface area contributed by atoms with Crippen molar-refractivity contribution in [2.75, 3.05) is 26.8 Å². The normalized spacial score (nSPS) is 20.4. The average molecular weight is 281 g/mol. The molecule has 2 rings (SSSR count). The van der Waals surface area contributed by atoms with Crippen molar-refractivity contribution in [3.05, 3.63) is 35.1 Å². The lowest BCUT2D eigenvalue weighted by Gasteiger charge is -2.21. The molecule has 0 bridgehead atoms. The summed E-state index contributed by atoms with van der Waals surface area (Å²) in [5.74, 6) is -1.18. The fourth-order valence-electron chi connectivity index (χ4n) is 2.41. The molecule has 4 nitrogen and oxygen atoms in total. The number of ether oxygens (including phenoxy) is 2. The van der Waals surface area contributed by atoms with E-state index in [2.05, 4.69) is 9.64 Å². The first-order valence-electron chi connectivity index (χ1n) is 6.81. The molecule has 5 heteroatoms. The van der Waals surface area contributed by atoms with E-state index >= 15 is 0 Å². The smallest absolute Gasteiger partial charge is 0.340 e. The minimum atomic E-state index is -0.647. The van der Waals surface area contributed by atoms with E-state index in [1.807, 2.05) is 6.92 Å². The number of nitrogens with zero attached hydrogens (tertiary/aromatic N) is 1. The zero-order valence-electron chi connectivity index (χ0n) is 11.9. The average Bonchev–Trinajstić information content (AvgIpc) is 2.62. The number of carbonyl (C=O) groups is 1. The summed E-state index contributed by atoms with van der Waals surface area (Å²) in [6.45, 7) is 5.24. The minimum Gasteiger partial charge on any atom is -0.465 e. The summed E-state index contributed by atoms with van der Waals surface area (Å²) < 4.78 is 24.0. The maximum Gasteiger partial charge on any atom is 0.340 e. The van der Waals surface area contributed by atoms with Gasteiger partial charge >= 0.3 is 5.97 Å². The molecular formula is C15H20FNO3. The second-order valence-corrected chi connectivity index (χ2v) is 5.08. The summed E-state index contributed by atoms with van der Waals surface area (Å²) >= 11 is 0. The quantitative estimate of drug-likeness (QED) is 0.796. The van der Waals surface area contributed by atoms with Crippen LogP contribution in [-0.4, -0.2) is 43.8 Å². The predicted molar refractivity (Wildman–Crippen MR) is 73.0 cm³/mol. The Morgan fingerprint density at radius 1 is 1.55 bits per heavy atom. The van der Waals surface area contributed by atoms with Crippen LogP contribution in [0.1, 0.15) is 29.3 Å². The molecule has 1 aliphatic rings. The van der Waals surface area contributed by atoms with Gasteiger partial charge in [0.1, 0.15) is 5.82 Å². The van der Waals surface area contributed by atoms with E-state index in [1.54, 1.807) is 6.07 Å². The lowest BCUT2D eigenvalue weighted by Crippen LogP contribution is -2.29. The third-order valence-electron chi connectivity index (χ3n) is 3.38. The van der Waals surface area contributed by atoms with Gasteiger partial charge in [0.15, 0.2) is 0 Å². The van der Waals surface area contributed by atoms with Gasteiger partial charge in [-0.25, -0.2) is 9.18 Å². The van der Waals surface area contributed by atoms with Gasteiger partial charge in [0.25, 0.3) is 0 Å². The van der Waals surface area contributed by atoms with Crippen LogP contribution in [0.4, 0.5) is 4.39 Å². The van der Waals surface area contributed by atoms with Crippen LogP contribution in [0.2, 0.25) is 0 Å². The fraction of sp³-hybridized carbons (Fsp3) is 0.533. The van der Waals surface area contributed by atoms with Gasteiger partial charge in [-0.2, -0.15) is 0 Å². The van der Waals surface area contributed by atoms with Crippen LogP contribution in [-0.2, 0) is 16.0 Å². The van der Waals surface area contributed by atoms with Crippen LogP contribution in [0.25, 0.3) is 0 Å². The Hall–Kier alpha value is -1.46. The zero-order valence-corrected chi connectivity index (χ0v) is 11.9. The molecule has 0 amide bonds. The molecular weight excluding hydrogens is 261 g/mol. The molecule has 0 saturated carbocycles. The van der Waals surface area contributed by atoms with Crippen LogP contribution >= 0.6 is 0 Å². The molecule has 110 valence electrons. The molecule has 1 aromatic rings. The Bertz CT molecular complexity index is 478. The topological polar surface area (TPSA) is 38.8 Å². The summed E-state index contributed by atoms with van der Waals surface area (Å²) in [6.07, 6.45) is 1.17. The molecule has 0 N–H and O–H groups in total. The molecule has 1 fully saturated rings. The molecule has 20 heavy (non-hydrogen) atoms. The number of hydrogen-bond acceptors (Lipinski definition) is 4. The lowest BCUT2D eigenvalue weighted by atomic mass is 10.1. The summed E-state index contributed by atoms with van der Waals surface area (Å²) in [5, 5.41) is 0. The maximum atomic E-state index is 13.9. The van der Waals surface area contributed by atoms with Crippen LogP contribution in [0.15, 0.2) is 18.2 Å². The standard InChI is InChI=1S/C15H20FNO3/c1-11-9-17(6-3-7-20-11)10-12-4-5-13(14(16)8-12)15(18)19-2/h4-5,8,11H,3,6-7,9-10H2,1-2H3. The Morgan fingerprint density at radius 2 is 2.35 bits per heavy atom. The first-order chi connectivity index (χ1) is 9.60. The monoisotopic (exact) mass is 281 g/mol. The van der Waals surface area contributed by atoms with Gasteiger partial charge in [-0.15, -0.1) is 0 Å². The molecule has 0 aliphatic carbocycles. The molecule has 1 aromatic carbocycles. The highest BCUT2D eigenvalue weighted by Gasteiger charge is 2.17. The molecule has 0 aromatic heterocycles. The highest BCUT2D eigenvalue weighted by Crippen LogP contribution is 2.15. The lowest BCUT2D eigenvalue weighted by molar-refractivity contribution is 0.0595. The third-order valence-corrected chi connectivity index (χ3v) is 3.38. The van der Waals surface area contributed by atoms with Crippen molar-refractivity contribution in [3.63, 3.8) is 0 Å². The van der Waals surface area contributed by atoms with E-state index in [-0.39, 0.29) is 11.7 Å². The molecule has 1 saturated heterocycles. The molecule has 0 spiro atoms. The fourth-order valence-corrected chi connectivity index (χ4v) is 2.41. The van der Waals surface area contributed by atoms with Gasteiger partial charge in [0, 0.05) is 26.2 Å². The van der Waals surface area contributed by atoms with Crippen molar-refractivity contribution in [1.29, 1.82) is 0 Å². The van der Waals surface area contributed by atoms with Gasteiger partial charge in [0.2, 0.25) is 0 Å². The third kappa shape index (κ3) is 3.77. The van der Waals surface area contributed by atoms with Crippen LogP contribution in [0.5, 0.6) is 0 Å². The molecule has 0 radical (unpaired) electrons. The molecule has 1 aliphatic heterocycles. The van der Waals surface area contributed by atoms with E-state index in [1.165, 1.54) is 19.2 Å². The van der Waals surface area contributed by atoms with E-state index < -0.39 is 11.8 Å². The highest BCUT2D eigenvalue weighted by atomic mass is 19.1. The van der Waals surface area contributed by atoms with Crippen molar-refractivity contribution >= 4 is 5.97 Å². The number of carbonyl (C=O) groups excluding carboxylic acids is 1. The number of hydrogen-bond donors (Lipinski definition) is 0. The summed E-state index contributed by atoms with van der Waals surface area (Å²) in [7, 11) is 1.24. The van der Waals surface area contributed by atoms with Crippen molar-refractivity contribution in [3.8, 4) is 0 Å². The van der Waals surface area contributed by atoms with Crippen molar-refractivity contribution < 1.29 is 18.7 Å². The SMILES string of the molecule is COC(=O)c1ccc(CN2CCCOC(C)C2)cc1F. The number of rotatable bonds is 3. The van der Waals surface area contributed by atoms with E-state index in [0.29, 0.717) is 6.54 Å². The highest BCUT2D eigenvalue weighted by molar-refractivity contribution is 5.89. The van der Waals surface area contributed by atoms with Gasteiger partial charge in [-0.1, -0.05) is 6.07 Å². The second-order valence-electron chi connectivity index (χ2n) is 5.08. The minimum absolute atomic E-state index is 0.0242. The maximum absolute atomic E-state index is 13.9. The summed E-state index contributed by atoms with van der Waals surface area (Å²) in [6, 6.07) is 4.66. The molecule has 1 heterocycles. The van der Waals surface area contributed by atoms with Gasteiger partial charge in [0.05, 0.1) is 18.8 Å². The van der Waals surface area contributed by atoms with Gasteiger partial charge < -0.3 is 9.47 Å². The Morgan fingerprint density at radius 3 is 3.05 bits per heavy atom. The first kappa shape index (κ1) is 14.9. The molecule has 1 atom stereocenters. The van der Waals surface area contributed by atoms with E-state index in [4.69, 9.17) is 4.74 Å². The summed E-state index contributed by atoms with van der Waals surface area (Å²) in [5.41, 5.74) is 0.827. The van der Waals surface area contributed by atoms with Gasteiger partial charge in [-0.05, 0) is 31.0 Å². The van der Waals surface area contributed by atoms with Crippen molar-refractivity contribution in [1.82, 2.24) is 4.90 Å². The largest absolute Gasteiger partial charge is 0.465 e. The van der Waals surface area contributed by atoms with Crippen molar-refractivity contribution in [2.45, 2.75) is 26.0 Å². The van der Waals surface area contributed by atoms with Crippen LogP contribution in [0.3, 0.4) is 0 Å². The number of methoxy groups -OCH3 is 1. The number of esters is 1. The van der Waals surface area contributed by atoms with Crippen LogP contribution < -0.4 is 0 Å². The number of halogens is 1. The first-order valence-corrected chi connectivity index (χ1v) is 6.81. The second kappa shape index (κ2) is 6.81. The Balaban J connectivity index is 2.06. The predicted octanol–water partition coefficient (Wildman–Crippen LogP) is 2.22. The van der Waals surface area contributed by atoms with Crippen LogP contribution in [0, 0.1) is 5.82 Å². The van der Waals surface area contributed by atoms with E-state index in [0.717, 1.165) is 31.7 Å². The zero-order chi connectivity index (χ0) is 14.5. The van der Waals surface area contributed by atoms with Gasteiger partial charge in [-0.3, -0.25) is 4.90 Å². The van der Waals surface area contributed by atoms with Crippen molar-refractivity contribution in [2.24, 2.45) is 0 Å². The Labute approximate surface area is 118 Å². The Kier molecular flexibility index (Phi) is 5.09. The summed E-state index contributed by atoms with van der Waals surface area (Å²) in [4.78, 5) is 13.6. The number of benzene rings is 1. The van der Waals surface area contributed by atoms with E-state index in [9.17, 15) is 9.18 Å².